The molecule has 93 valence electrons. The maximum absolute atomic E-state index is 5.88. The van der Waals surface area contributed by atoms with Crippen molar-refractivity contribution in [3.05, 3.63) is 72.6 Å². The first-order valence-corrected chi connectivity index (χ1v) is 6.13. The number of hydrogen-bond donors (Lipinski definition) is 2. The molecule has 2 heteroatoms. The molecule has 0 aliphatic carbocycles. The van der Waals surface area contributed by atoms with Crippen molar-refractivity contribution in [1.82, 2.24) is 5.32 Å². The Morgan fingerprint density at radius 3 is 2.28 bits per heavy atom. The smallest absolute Gasteiger partial charge is 0.0316 e. The number of likely N-dealkylation sites (N-methyl/N-ethyl adjacent to an activating group) is 1. The van der Waals surface area contributed by atoms with Gasteiger partial charge in [-0.2, -0.15) is 0 Å². The van der Waals surface area contributed by atoms with E-state index in [0.29, 0.717) is 0 Å². The largest absolute Gasteiger partial charge is 0.399 e. The van der Waals surface area contributed by atoms with Crippen molar-refractivity contribution in [2.45, 2.75) is 12.0 Å². The normalized spacial score (nSPS) is 14.1. The number of hydrogen-bond acceptors (Lipinski definition) is 2. The highest BCUT2D eigenvalue weighted by Crippen LogP contribution is 2.28. The van der Waals surface area contributed by atoms with E-state index in [4.69, 9.17) is 5.73 Å². The van der Waals surface area contributed by atoms with Crippen LogP contribution in [0.4, 0.5) is 5.69 Å². The molecule has 2 unspecified atom stereocenters. The van der Waals surface area contributed by atoms with Gasteiger partial charge >= 0.3 is 0 Å². The van der Waals surface area contributed by atoms with Gasteiger partial charge in [0.2, 0.25) is 0 Å². The zero-order valence-electron chi connectivity index (χ0n) is 10.6. The van der Waals surface area contributed by atoms with Gasteiger partial charge in [-0.25, -0.2) is 0 Å². The minimum absolute atomic E-state index is 0.106. The Labute approximate surface area is 109 Å². The van der Waals surface area contributed by atoms with Crippen LogP contribution in [0.1, 0.15) is 17.0 Å². The van der Waals surface area contributed by atoms with E-state index in [-0.39, 0.29) is 12.0 Å². The minimum atomic E-state index is 0.106. The summed E-state index contributed by atoms with van der Waals surface area (Å²) < 4.78 is 0. The molecule has 0 bridgehead atoms. The highest BCUT2D eigenvalue weighted by atomic mass is 14.9. The number of rotatable bonds is 4. The number of benzene rings is 2. The van der Waals surface area contributed by atoms with E-state index in [2.05, 4.69) is 42.6 Å². The Morgan fingerprint density at radius 2 is 1.67 bits per heavy atom. The van der Waals surface area contributed by atoms with Crippen LogP contribution in [0, 0.1) is 6.92 Å². The van der Waals surface area contributed by atoms with Crippen LogP contribution in [0.2, 0.25) is 0 Å². The maximum atomic E-state index is 5.88. The SMILES string of the molecule is [CH2]C(NC)C(c1ccccc1)c1cccc(N)c1. The summed E-state index contributed by atoms with van der Waals surface area (Å²) in [5, 5.41) is 3.23. The molecule has 0 saturated heterocycles. The number of nitrogens with two attached hydrogens (primary N) is 1. The average molecular weight is 239 g/mol. The third-order valence-electron chi connectivity index (χ3n) is 3.20. The van der Waals surface area contributed by atoms with Crippen molar-refractivity contribution in [2.24, 2.45) is 0 Å². The van der Waals surface area contributed by atoms with Gasteiger partial charge in [0.1, 0.15) is 0 Å². The van der Waals surface area contributed by atoms with Gasteiger partial charge < -0.3 is 11.1 Å². The molecule has 0 spiro atoms. The first-order valence-electron chi connectivity index (χ1n) is 6.13. The monoisotopic (exact) mass is 239 g/mol. The summed E-state index contributed by atoms with van der Waals surface area (Å²) in [6.45, 7) is 4.19. The summed E-state index contributed by atoms with van der Waals surface area (Å²) in [5.41, 5.74) is 9.10. The van der Waals surface area contributed by atoms with Crippen LogP contribution in [0.3, 0.4) is 0 Å². The van der Waals surface area contributed by atoms with E-state index in [0.717, 1.165) is 5.69 Å². The predicted octanol–water partition coefficient (Wildman–Crippen LogP) is 2.82. The second kappa shape index (κ2) is 5.69. The lowest BCUT2D eigenvalue weighted by atomic mass is 9.85. The summed E-state index contributed by atoms with van der Waals surface area (Å²) in [4.78, 5) is 0. The molecule has 1 radical (unpaired) electrons. The van der Waals surface area contributed by atoms with Crippen LogP contribution < -0.4 is 11.1 Å². The molecule has 3 N–H and O–H groups in total. The van der Waals surface area contributed by atoms with E-state index in [9.17, 15) is 0 Å². The van der Waals surface area contributed by atoms with Crippen molar-refractivity contribution in [1.29, 1.82) is 0 Å². The quantitative estimate of drug-likeness (QED) is 0.805. The molecule has 0 amide bonds. The van der Waals surface area contributed by atoms with E-state index in [1.54, 1.807) is 0 Å². The van der Waals surface area contributed by atoms with Gasteiger partial charge in [-0.1, -0.05) is 42.5 Å². The minimum Gasteiger partial charge on any atom is -0.399 e. The summed E-state index contributed by atoms with van der Waals surface area (Å²) in [6, 6.07) is 18.5. The molecule has 18 heavy (non-hydrogen) atoms. The van der Waals surface area contributed by atoms with Crippen LogP contribution in [0.5, 0.6) is 0 Å². The first kappa shape index (κ1) is 12.7. The van der Waals surface area contributed by atoms with Crippen LogP contribution in [-0.4, -0.2) is 13.1 Å². The molecule has 2 aromatic carbocycles. The average Bonchev–Trinajstić information content (AvgIpc) is 2.40. The fourth-order valence-electron chi connectivity index (χ4n) is 2.24. The molecule has 2 aromatic rings. The predicted molar refractivity (Wildman–Crippen MR) is 77.3 cm³/mol. The zero-order chi connectivity index (χ0) is 13.0. The molecule has 0 aliphatic heterocycles. The molecular weight excluding hydrogens is 220 g/mol. The molecule has 0 aromatic heterocycles. The van der Waals surface area contributed by atoms with Crippen molar-refractivity contribution < 1.29 is 0 Å². The van der Waals surface area contributed by atoms with E-state index in [1.807, 2.05) is 31.3 Å². The summed E-state index contributed by atoms with van der Waals surface area (Å²) in [6.07, 6.45) is 0. The molecule has 2 nitrogen and oxygen atoms in total. The van der Waals surface area contributed by atoms with Gasteiger partial charge in [-0.15, -0.1) is 0 Å². The van der Waals surface area contributed by atoms with Gasteiger partial charge in [0.05, 0.1) is 0 Å². The number of anilines is 1. The molecular formula is C16H19N2. The second-order valence-corrected chi connectivity index (χ2v) is 4.45. The molecule has 0 aliphatic rings. The fourth-order valence-corrected chi connectivity index (χ4v) is 2.24. The first-order chi connectivity index (χ1) is 8.72. The lowest BCUT2D eigenvalue weighted by Gasteiger charge is -2.24. The Hall–Kier alpha value is -1.80. The number of nitrogens with one attached hydrogen (secondary N) is 1. The van der Waals surface area contributed by atoms with Gasteiger partial charge in [-0.05, 0) is 37.2 Å². The Kier molecular flexibility index (Phi) is 4.00. The molecule has 2 atom stereocenters. The Morgan fingerprint density at radius 1 is 1.00 bits per heavy atom. The summed E-state index contributed by atoms with van der Waals surface area (Å²) in [5.74, 6) is 0.208. The molecule has 2 rings (SSSR count). The maximum Gasteiger partial charge on any atom is 0.0316 e. The van der Waals surface area contributed by atoms with E-state index in [1.165, 1.54) is 11.1 Å². The Balaban J connectivity index is 2.43. The highest BCUT2D eigenvalue weighted by molar-refractivity contribution is 5.45. The van der Waals surface area contributed by atoms with Gasteiger partial charge in [0.15, 0.2) is 0 Å². The van der Waals surface area contributed by atoms with Crippen LogP contribution in [0.15, 0.2) is 54.6 Å². The molecule has 0 fully saturated rings. The fraction of sp³-hybridized carbons (Fsp3) is 0.188. The van der Waals surface area contributed by atoms with Crippen LogP contribution >= 0.6 is 0 Å². The Bertz CT molecular complexity index is 493. The van der Waals surface area contributed by atoms with E-state index < -0.39 is 0 Å². The highest BCUT2D eigenvalue weighted by Gasteiger charge is 2.20. The van der Waals surface area contributed by atoms with E-state index >= 15 is 0 Å². The summed E-state index contributed by atoms with van der Waals surface area (Å²) >= 11 is 0. The zero-order valence-corrected chi connectivity index (χ0v) is 10.6. The summed E-state index contributed by atoms with van der Waals surface area (Å²) in [7, 11) is 1.93. The van der Waals surface area contributed by atoms with Crippen molar-refractivity contribution in [3.63, 3.8) is 0 Å². The lowest BCUT2D eigenvalue weighted by molar-refractivity contribution is 0.592. The third-order valence-corrected chi connectivity index (χ3v) is 3.20. The standard InChI is InChI=1S/C16H19N2/c1-12(18-2)16(13-7-4-3-5-8-13)14-9-6-10-15(17)11-14/h3-12,16,18H,1,17H2,2H3. The van der Waals surface area contributed by atoms with Crippen molar-refractivity contribution >= 4 is 5.69 Å². The number of nitrogen functional groups attached to an aromatic ring is 1. The van der Waals surface area contributed by atoms with Crippen LogP contribution in [0.25, 0.3) is 0 Å². The third kappa shape index (κ3) is 2.71. The van der Waals surface area contributed by atoms with Crippen molar-refractivity contribution in [2.75, 3.05) is 12.8 Å². The lowest BCUT2D eigenvalue weighted by Crippen LogP contribution is -2.30. The van der Waals surface area contributed by atoms with Crippen LogP contribution in [-0.2, 0) is 0 Å². The van der Waals surface area contributed by atoms with Gasteiger partial charge in [0.25, 0.3) is 0 Å². The van der Waals surface area contributed by atoms with Crippen molar-refractivity contribution in [3.8, 4) is 0 Å². The topological polar surface area (TPSA) is 38.0 Å². The van der Waals surface area contributed by atoms with Gasteiger partial charge in [0, 0.05) is 17.6 Å². The molecule has 0 heterocycles. The second-order valence-electron chi connectivity index (χ2n) is 4.45. The molecule has 0 saturated carbocycles. The van der Waals surface area contributed by atoms with Gasteiger partial charge in [-0.3, -0.25) is 0 Å².